The van der Waals surface area contributed by atoms with Crippen LogP contribution in [0.15, 0.2) is 0 Å². The maximum atomic E-state index is 11.8. The van der Waals surface area contributed by atoms with Crippen molar-refractivity contribution in [1.29, 1.82) is 0 Å². The van der Waals surface area contributed by atoms with Crippen LogP contribution in [0.5, 0.6) is 0 Å². The lowest BCUT2D eigenvalue weighted by Crippen LogP contribution is -2.47. The highest BCUT2D eigenvalue weighted by molar-refractivity contribution is 7.90. The number of carbonyl (C=O) groups is 2. The van der Waals surface area contributed by atoms with Crippen molar-refractivity contribution in [3.05, 3.63) is 0 Å². The van der Waals surface area contributed by atoms with Gasteiger partial charge in [-0.3, -0.25) is 9.59 Å². The molecule has 0 spiro atoms. The largest absolute Gasteiger partial charge is 0.480 e. The zero-order chi connectivity index (χ0) is 13.1. The van der Waals surface area contributed by atoms with Crippen molar-refractivity contribution in [1.82, 2.24) is 4.31 Å². The lowest BCUT2D eigenvalue weighted by atomic mass is 10.3. The maximum Gasteiger partial charge on any atom is 0.318 e. The quantitative estimate of drug-likeness (QED) is 0.688. The van der Waals surface area contributed by atoms with Crippen LogP contribution in [0.4, 0.5) is 0 Å². The summed E-state index contributed by atoms with van der Waals surface area (Å²) in [5.74, 6) is -2.79. The van der Waals surface area contributed by atoms with E-state index >= 15 is 0 Å². The summed E-state index contributed by atoms with van der Waals surface area (Å²) in [5, 5.41) is 17.1. The second kappa shape index (κ2) is 4.79. The van der Waals surface area contributed by atoms with E-state index in [0.29, 0.717) is 4.31 Å². The lowest BCUT2D eigenvalue weighted by molar-refractivity contribution is -0.139. The summed E-state index contributed by atoms with van der Waals surface area (Å²) in [6.45, 7) is 2.41. The highest BCUT2D eigenvalue weighted by atomic mass is 32.2. The first-order valence-corrected chi connectivity index (χ1v) is 5.86. The van der Waals surface area contributed by atoms with Gasteiger partial charge in [-0.2, -0.15) is 4.31 Å². The molecule has 0 heterocycles. The van der Waals surface area contributed by atoms with Crippen LogP contribution < -0.4 is 0 Å². The predicted octanol–water partition coefficient (Wildman–Crippen LogP) is -0.414. The molecule has 2 N–H and O–H groups in total. The fraction of sp³-hybridized carbons (Fsp3) is 0.750. The van der Waals surface area contributed by atoms with E-state index in [-0.39, 0.29) is 0 Å². The average molecular weight is 253 g/mol. The monoisotopic (exact) mass is 253 g/mol. The van der Waals surface area contributed by atoms with Crippen LogP contribution in [-0.4, -0.2) is 52.7 Å². The van der Waals surface area contributed by atoms with E-state index in [9.17, 15) is 18.0 Å². The Morgan fingerprint density at radius 1 is 1.06 bits per heavy atom. The Hall–Kier alpha value is -1.15. The molecule has 0 aliphatic rings. The second-order valence-corrected chi connectivity index (χ2v) is 6.86. The number of hydrogen-bond acceptors (Lipinski definition) is 4. The Morgan fingerprint density at radius 3 is 1.56 bits per heavy atom. The van der Waals surface area contributed by atoms with Crippen molar-refractivity contribution >= 4 is 22.0 Å². The third kappa shape index (κ3) is 3.78. The van der Waals surface area contributed by atoms with Gasteiger partial charge in [-0.1, -0.05) is 0 Å². The van der Waals surface area contributed by atoms with Gasteiger partial charge in [0.2, 0.25) is 10.0 Å². The molecule has 0 aromatic carbocycles. The predicted molar refractivity (Wildman–Crippen MR) is 55.5 cm³/mol. The van der Waals surface area contributed by atoms with Crippen LogP contribution in [0.1, 0.15) is 20.8 Å². The molecule has 0 saturated carbocycles. The second-order valence-electron chi connectivity index (χ2n) is 4.17. The minimum atomic E-state index is -3.96. The Balaban J connectivity index is 5.18. The number of rotatable bonds is 5. The molecule has 0 radical (unpaired) electrons. The van der Waals surface area contributed by atoms with Crippen molar-refractivity contribution in [2.24, 2.45) is 0 Å². The number of nitrogens with zero attached hydrogens (tertiary/aromatic N) is 1. The number of sulfonamides is 1. The zero-order valence-corrected chi connectivity index (χ0v) is 10.1. The smallest absolute Gasteiger partial charge is 0.318 e. The summed E-state index contributed by atoms with van der Waals surface area (Å²) in [6, 6.07) is 0. The van der Waals surface area contributed by atoms with Gasteiger partial charge in [0.05, 0.1) is 4.75 Å². The average Bonchev–Trinajstić information content (AvgIpc) is 1.98. The molecule has 0 unspecified atom stereocenters. The third-order valence-corrected chi connectivity index (χ3v) is 4.22. The summed E-state index contributed by atoms with van der Waals surface area (Å²) in [6.07, 6.45) is 0. The van der Waals surface area contributed by atoms with Gasteiger partial charge >= 0.3 is 11.9 Å². The van der Waals surface area contributed by atoms with E-state index < -0.39 is 39.8 Å². The Bertz CT molecular complexity index is 364. The Labute approximate surface area is 93.7 Å². The first kappa shape index (κ1) is 14.8. The molecule has 0 aliphatic carbocycles. The van der Waals surface area contributed by atoms with Gasteiger partial charge in [0.1, 0.15) is 13.1 Å². The van der Waals surface area contributed by atoms with E-state index in [1.54, 1.807) is 0 Å². The number of carboxylic acids is 2. The fourth-order valence-electron chi connectivity index (χ4n) is 0.915. The molecule has 8 heteroatoms. The molecule has 0 aromatic heterocycles. The summed E-state index contributed by atoms with van der Waals surface area (Å²) in [4.78, 5) is 20.9. The first-order chi connectivity index (χ1) is 6.98. The molecule has 0 fully saturated rings. The standard InChI is InChI=1S/C8H15NO6S/c1-8(2,3)16(14,15)9(4-6(10)11)5-7(12)13/h4-5H2,1-3H3,(H,10,11)(H,12,13). The Morgan fingerprint density at radius 2 is 1.38 bits per heavy atom. The summed E-state index contributed by atoms with van der Waals surface area (Å²) in [7, 11) is -3.96. The SMILES string of the molecule is CC(C)(C)S(=O)(=O)N(CC(=O)O)CC(=O)O. The molecule has 0 aliphatic heterocycles. The lowest BCUT2D eigenvalue weighted by Gasteiger charge is -2.27. The van der Waals surface area contributed by atoms with Crippen LogP contribution in [-0.2, 0) is 19.6 Å². The third-order valence-electron chi connectivity index (χ3n) is 1.74. The molecular weight excluding hydrogens is 238 g/mol. The van der Waals surface area contributed by atoms with Gasteiger partial charge in [0.15, 0.2) is 0 Å². The van der Waals surface area contributed by atoms with E-state index in [2.05, 4.69) is 0 Å². The van der Waals surface area contributed by atoms with Gasteiger partial charge in [0.25, 0.3) is 0 Å². The van der Waals surface area contributed by atoms with Crippen molar-refractivity contribution in [2.45, 2.75) is 25.5 Å². The van der Waals surface area contributed by atoms with Gasteiger partial charge < -0.3 is 10.2 Å². The van der Waals surface area contributed by atoms with Crippen LogP contribution in [0.25, 0.3) is 0 Å². The van der Waals surface area contributed by atoms with E-state index in [1.807, 2.05) is 0 Å². The molecule has 0 rings (SSSR count). The molecule has 94 valence electrons. The normalized spacial score (nSPS) is 12.8. The van der Waals surface area contributed by atoms with Gasteiger partial charge in [-0.15, -0.1) is 0 Å². The van der Waals surface area contributed by atoms with Gasteiger partial charge in [-0.05, 0) is 20.8 Å². The fourth-order valence-corrected chi connectivity index (χ4v) is 2.25. The van der Waals surface area contributed by atoms with Crippen LogP contribution in [0, 0.1) is 0 Å². The summed E-state index contributed by atoms with van der Waals surface area (Å²) < 4.78 is 22.8. The van der Waals surface area contributed by atoms with Crippen molar-refractivity contribution in [3.63, 3.8) is 0 Å². The highest BCUT2D eigenvalue weighted by Crippen LogP contribution is 2.19. The number of aliphatic carboxylic acids is 2. The van der Waals surface area contributed by atoms with E-state index in [1.165, 1.54) is 20.8 Å². The molecular formula is C8H15NO6S. The molecule has 0 amide bonds. The van der Waals surface area contributed by atoms with Crippen LogP contribution >= 0.6 is 0 Å². The maximum absolute atomic E-state index is 11.8. The minimum absolute atomic E-state index is 0.442. The first-order valence-electron chi connectivity index (χ1n) is 4.42. The van der Waals surface area contributed by atoms with Gasteiger partial charge in [-0.25, -0.2) is 8.42 Å². The summed E-state index contributed by atoms with van der Waals surface area (Å²) >= 11 is 0. The van der Waals surface area contributed by atoms with E-state index in [0.717, 1.165) is 0 Å². The highest BCUT2D eigenvalue weighted by Gasteiger charge is 2.37. The molecule has 0 aromatic rings. The van der Waals surface area contributed by atoms with Crippen molar-refractivity contribution in [2.75, 3.05) is 13.1 Å². The zero-order valence-electron chi connectivity index (χ0n) is 9.30. The van der Waals surface area contributed by atoms with Crippen molar-refractivity contribution in [3.8, 4) is 0 Å². The van der Waals surface area contributed by atoms with Crippen molar-refractivity contribution < 1.29 is 28.2 Å². The molecule has 7 nitrogen and oxygen atoms in total. The number of carboxylic acid groups (broad SMARTS) is 2. The Kier molecular flexibility index (Phi) is 4.45. The number of hydrogen-bond donors (Lipinski definition) is 2. The molecule has 0 bridgehead atoms. The topological polar surface area (TPSA) is 112 Å². The molecule has 0 atom stereocenters. The minimum Gasteiger partial charge on any atom is -0.480 e. The van der Waals surface area contributed by atoms with Gasteiger partial charge in [0, 0.05) is 0 Å². The van der Waals surface area contributed by atoms with Crippen LogP contribution in [0.3, 0.4) is 0 Å². The van der Waals surface area contributed by atoms with E-state index in [4.69, 9.17) is 10.2 Å². The molecule has 16 heavy (non-hydrogen) atoms. The van der Waals surface area contributed by atoms with Crippen LogP contribution in [0.2, 0.25) is 0 Å². The summed E-state index contributed by atoms with van der Waals surface area (Å²) in [5.41, 5.74) is 0. The molecule has 0 saturated heterocycles.